The molecule has 0 amide bonds. The van der Waals surface area contributed by atoms with E-state index in [1.165, 1.54) is 0 Å². The van der Waals surface area contributed by atoms with Crippen molar-refractivity contribution in [3.05, 3.63) is 23.8 Å². The van der Waals surface area contributed by atoms with E-state index >= 15 is 0 Å². The van der Waals surface area contributed by atoms with Gasteiger partial charge in [0.05, 0.1) is 13.7 Å². The number of methoxy groups -OCH3 is 1. The minimum absolute atomic E-state index is 0.0957. The highest BCUT2D eigenvalue weighted by Gasteiger charge is 2.07. The Morgan fingerprint density at radius 3 is 2.82 bits per heavy atom. The van der Waals surface area contributed by atoms with Gasteiger partial charge in [0.1, 0.15) is 11.5 Å². The predicted octanol–water partition coefficient (Wildman–Crippen LogP) is 1.99. The zero-order chi connectivity index (χ0) is 12.7. The molecule has 2 N–H and O–H groups in total. The van der Waals surface area contributed by atoms with Gasteiger partial charge in [0.2, 0.25) is 0 Å². The van der Waals surface area contributed by atoms with Crippen LogP contribution in [0, 0.1) is 12.3 Å². The summed E-state index contributed by atoms with van der Waals surface area (Å²) in [6, 6.07) is 5.85. The van der Waals surface area contributed by atoms with Crippen LogP contribution in [0.2, 0.25) is 0 Å². The molecule has 3 nitrogen and oxygen atoms in total. The third-order valence-corrected chi connectivity index (χ3v) is 2.32. The van der Waals surface area contributed by atoms with Crippen molar-refractivity contribution in [2.75, 3.05) is 13.7 Å². The monoisotopic (exact) mass is 233 g/mol. The smallest absolute Gasteiger partial charge is 0.126 e. The molecule has 1 rings (SSSR count). The fraction of sp³-hybridized carbons (Fsp3) is 0.429. The summed E-state index contributed by atoms with van der Waals surface area (Å²) in [5.41, 5.74) is 6.88. The van der Waals surface area contributed by atoms with Crippen molar-refractivity contribution < 1.29 is 9.47 Å². The van der Waals surface area contributed by atoms with Crippen LogP contribution in [0.3, 0.4) is 0 Å². The largest absolute Gasteiger partial charge is 0.497 e. The second-order valence-electron chi connectivity index (χ2n) is 3.96. The molecule has 0 bridgehead atoms. The van der Waals surface area contributed by atoms with E-state index in [-0.39, 0.29) is 6.04 Å². The summed E-state index contributed by atoms with van der Waals surface area (Å²) < 4.78 is 10.8. The molecule has 0 saturated heterocycles. The van der Waals surface area contributed by atoms with Crippen LogP contribution < -0.4 is 15.2 Å². The van der Waals surface area contributed by atoms with Crippen LogP contribution in [0.1, 0.15) is 18.9 Å². The molecule has 1 aromatic carbocycles. The molecule has 0 aliphatic carbocycles. The Morgan fingerprint density at radius 1 is 1.47 bits per heavy atom. The molecule has 0 aliphatic heterocycles. The molecule has 0 radical (unpaired) electrons. The lowest BCUT2D eigenvalue weighted by Gasteiger charge is -2.13. The first-order valence-electron chi connectivity index (χ1n) is 5.66. The highest BCUT2D eigenvalue weighted by atomic mass is 16.5. The second kappa shape index (κ2) is 6.82. The van der Waals surface area contributed by atoms with Crippen molar-refractivity contribution in [3.63, 3.8) is 0 Å². The van der Waals surface area contributed by atoms with Gasteiger partial charge in [0, 0.05) is 18.5 Å². The van der Waals surface area contributed by atoms with Crippen LogP contribution in [-0.4, -0.2) is 19.8 Å². The molecule has 0 spiro atoms. The number of nitrogens with two attached hydrogens (primary N) is 1. The Balaban J connectivity index is 2.83. The van der Waals surface area contributed by atoms with Crippen molar-refractivity contribution in [2.45, 2.75) is 25.8 Å². The second-order valence-corrected chi connectivity index (χ2v) is 3.96. The average Bonchev–Trinajstić information content (AvgIpc) is 2.30. The van der Waals surface area contributed by atoms with Gasteiger partial charge < -0.3 is 15.2 Å². The van der Waals surface area contributed by atoms with Gasteiger partial charge in [-0.1, -0.05) is 6.07 Å². The van der Waals surface area contributed by atoms with E-state index < -0.39 is 0 Å². The van der Waals surface area contributed by atoms with Gasteiger partial charge in [-0.25, -0.2) is 0 Å². The van der Waals surface area contributed by atoms with Crippen molar-refractivity contribution in [3.8, 4) is 23.8 Å². The van der Waals surface area contributed by atoms with E-state index in [2.05, 4.69) is 5.92 Å². The van der Waals surface area contributed by atoms with Crippen LogP contribution in [0.4, 0.5) is 0 Å². The molecular weight excluding hydrogens is 214 g/mol. The highest BCUT2D eigenvalue weighted by molar-refractivity contribution is 5.41. The first-order chi connectivity index (χ1) is 8.17. The number of benzene rings is 1. The van der Waals surface area contributed by atoms with Gasteiger partial charge in [0.15, 0.2) is 0 Å². The third kappa shape index (κ3) is 4.38. The van der Waals surface area contributed by atoms with E-state index in [4.69, 9.17) is 21.6 Å². The average molecular weight is 233 g/mol. The Bertz CT molecular complexity index is 394. The summed E-state index contributed by atoms with van der Waals surface area (Å²) in [5, 5.41) is 0. The van der Waals surface area contributed by atoms with Crippen molar-refractivity contribution in [2.24, 2.45) is 5.73 Å². The van der Waals surface area contributed by atoms with Crippen LogP contribution >= 0.6 is 0 Å². The number of ether oxygens (including phenoxy) is 2. The van der Waals surface area contributed by atoms with E-state index in [0.29, 0.717) is 13.0 Å². The quantitative estimate of drug-likeness (QED) is 0.603. The van der Waals surface area contributed by atoms with E-state index in [0.717, 1.165) is 23.5 Å². The third-order valence-electron chi connectivity index (χ3n) is 2.32. The molecule has 1 unspecified atom stereocenters. The molecule has 0 fully saturated rings. The molecule has 1 atom stereocenters. The lowest BCUT2D eigenvalue weighted by molar-refractivity contribution is 0.320. The molecule has 0 aliphatic rings. The van der Waals surface area contributed by atoms with Crippen LogP contribution in [-0.2, 0) is 6.42 Å². The van der Waals surface area contributed by atoms with Gasteiger partial charge in [-0.15, -0.1) is 12.3 Å². The summed E-state index contributed by atoms with van der Waals surface area (Å²) >= 11 is 0. The zero-order valence-corrected chi connectivity index (χ0v) is 10.4. The van der Waals surface area contributed by atoms with Gasteiger partial charge in [-0.05, 0) is 25.0 Å². The summed E-state index contributed by atoms with van der Waals surface area (Å²) in [5.74, 6) is 4.12. The molecule has 92 valence electrons. The molecule has 0 saturated carbocycles. The maximum absolute atomic E-state index is 5.80. The lowest BCUT2D eigenvalue weighted by Crippen LogP contribution is -2.18. The van der Waals surface area contributed by atoms with Crippen molar-refractivity contribution >= 4 is 0 Å². The molecule has 3 heteroatoms. The Hall–Kier alpha value is -1.66. The highest BCUT2D eigenvalue weighted by Crippen LogP contribution is 2.25. The van der Waals surface area contributed by atoms with E-state index in [1.54, 1.807) is 7.11 Å². The van der Waals surface area contributed by atoms with Crippen LogP contribution in [0.15, 0.2) is 18.2 Å². The SMILES string of the molecule is C#CCCOc1cc(OC)ccc1CC(C)N. The van der Waals surface area contributed by atoms with Gasteiger partial charge >= 0.3 is 0 Å². The molecule has 0 aromatic heterocycles. The van der Waals surface area contributed by atoms with Gasteiger partial charge in [-0.2, -0.15) is 0 Å². The van der Waals surface area contributed by atoms with Crippen molar-refractivity contribution in [1.82, 2.24) is 0 Å². The fourth-order valence-electron chi connectivity index (χ4n) is 1.53. The molecule has 17 heavy (non-hydrogen) atoms. The van der Waals surface area contributed by atoms with Crippen molar-refractivity contribution in [1.29, 1.82) is 0 Å². The lowest BCUT2D eigenvalue weighted by atomic mass is 10.1. The minimum atomic E-state index is 0.0957. The van der Waals surface area contributed by atoms with Crippen LogP contribution in [0.5, 0.6) is 11.5 Å². The summed E-state index contributed by atoms with van der Waals surface area (Å²) in [4.78, 5) is 0. The minimum Gasteiger partial charge on any atom is -0.497 e. The number of rotatable bonds is 6. The molecule has 0 heterocycles. The summed E-state index contributed by atoms with van der Waals surface area (Å²) in [6.45, 7) is 2.48. The Labute approximate surface area is 103 Å². The van der Waals surface area contributed by atoms with Gasteiger partial charge in [-0.3, -0.25) is 0 Å². The molecule has 1 aromatic rings. The Morgan fingerprint density at radius 2 is 2.24 bits per heavy atom. The van der Waals surface area contributed by atoms with E-state index in [9.17, 15) is 0 Å². The number of hydrogen-bond acceptors (Lipinski definition) is 3. The standard InChI is InChI=1S/C14H19NO2/c1-4-5-8-17-14-10-13(16-3)7-6-12(14)9-11(2)15/h1,6-7,10-11H,5,8-9,15H2,2-3H3. The molecular formula is C14H19NO2. The normalized spacial score (nSPS) is 11.6. The summed E-state index contributed by atoms with van der Waals surface area (Å²) in [6.07, 6.45) is 6.56. The number of hydrogen-bond donors (Lipinski definition) is 1. The fourth-order valence-corrected chi connectivity index (χ4v) is 1.53. The van der Waals surface area contributed by atoms with E-state index in [1.807, 2.05) is 25.1 Å². The Kier molecular flexibility index (Phi) is 5.38. The zero-order valence-electron chi connectivity index (χ0n) is 10.4. The number of terminal acetylenes is 1. The maximum atomic E-state index is 5.80. The first-order valence-corrected chi connectivity index (χ1v) is 5.66. The maximum Gasteiger partial charge on any atom is 0.126 e. The van der Waals surface area contributed by atoms with Gasteiger partial charge in [0.25, 0.3) is 0 Å². The first kappa shape index (κ1) is 13.4. The predicted molar refractivity (Wildman–Crippen MR) is 69.3 cm³/mol. The van der Waals surface area contributed by atoms with Crippen LogP contribution in [0.25, 0.3) is 0 Å². The topological polar surface area (TPSA) is 44.5 Å². The summed E-state index contributed by atoms with van der Waals surface area (Å²) in [7, 11) is 1.63.